The number of nitrogens with one attached hydrogen (secondary N) is 1. The summed E-state index contributed by atoms with van der Waals surface area (Å²) in [6.45, 7) is 6.74. The number of hydrogen-bond acceptors (Lipinski definition) is 4. The van der Waals surface area contributed by atoms with Crippen LogP contribution in [0.25, 0.3) is 0 Å². The number of methoxy groups -OCH3 is 1. The van der Waals surface area contributed by atoms with Crippen LogP contribution in [0.3, 0.4) is 0 Å². The van der Waals surface area contributed by atoms with Crippen LogP contribution in [0.5, 0.6) is 0 Å². The van der Waals surface area contributed by atoms with Gasteiger partial charge >= 0.3 is 6.09 Å². The maximum absolute atomic E-state index is 11.5. The normalized spacial score (nSPS) is 18.7. The Hall–Kier alpha value is -0.810. The van der Waals surface area contributed by atoms with Crippen LogP contribution in [-0.4, -0.2) is 56.5 Å². The van der Waals surface area contributed by atoms with Crippen molar-refractivity contribution < 1.29 is 14.3 Å². The van der Waals surface area contributed by atoms with E-state index in [9.17, 15) is 4.79 Å². The van der Waals surface area contributed by atoms with Crippen LogP contribution < -0.4 is 5.32 Å². The summed E-state index contributed by atoms with van der Waals surface area (Å²) in [4.78, 5) is 13.3. The van der Waals surface area contributed by atoms with E-state index in [1.54, 1.807) is 12.0 Å². The SMILES string of the molecule is CCOC(=O)N1CCC(NC(CC)COC)CC1. The van der Waals surface area contributed by atoms with Crippen LogP contribution >= 0.6 is 0 Å². The van der Waals surface area contributed by atoms with Crippen LogP contribution in [0.4, 0.5) is 4.79 Å². The molecule has 5 nitrogen and oxygen atoms in total. The van der Waals surface area contributed by atoms with Crippen LogP contribution in [0.2, 0.25) is 0 Å². The van der Waals surface area contributed by atoms with E-state index >= 15 is 0 Å². The highest BCUT2D eigenvalue weighted by Gasteiger charge is 2.24. The van der Waals surface area contributed by atoms with Gasteiger partial charge in [0.1, 0.15) is 0 Å². The fraction of sp³-hybridized carbons (Fsp3) is 0.923. The minimum absolute atomic E-state index is 0.181. The Kier molecular flexibility index (Phi) is 7.05. The van der Waals surface area contributed by atoms with Gasteiger partial charge in [-0.15, -0.1) is 0 Å². The molecule has 1 heterocycles. The molecular weight excluding hydrogens is 232 g/mol. The number of ether oxygens (including phenoxy) is 2. The van der Waals surface area contributed by atoms with Crippen molar-refractivity contribution in [2.24, 2.45) is 0 Å². The van der Waals surface area contributed by atoms with E-state index in [0.29, 0.717) is 18.7 Å². The average molecular weight is 258 g/mol. The number of hydrogen-bond donors (Lipinski definition) is 1. The molecule has 1 rings (SSSR count). The second kappa shape index (κ2) is 8.32. The highest BCUT2D eigenvalue weighted by atomic mass is 16.6. The third-order valence-corrected chi connectivity index (χ3v) is 3.35. The number of piperidine rings is 1. The smallest absolute Gasteiger partial charge is 0.409 e. The lowest BCUT2D eigenvalue weighted by molar-refractivity contribution is 0.0912. The second-order valence-corrected chi connectivity index (χ2v) is 4.69. The van der Waals surface area contributed by atoms with Gasteiger partial charge in [-0.05, 0) is 26.2 Å². The Morgan fingerprint density at radius 3 is 2.56 bits per heavy atom. The number of nitrogens with zero attached hydrogens (tertiary/aromatic N) is 1. The van der Waals surface area contributed by atoms with Gasteiger partial charge in [-0.1, -0.05) is 6.92 Å². The van der Waals surface area contributed by atoms with Crippen molar-refractivity contribution in [3.05, 3.63) is 0 Å². The molecule has 5 heteroatoms. The number of carbonyl (C=O) groups excluding carboxylic acids is 1. The first kappa shape index (κ1) is 15.2. The highest BCUT2D eigenvalue weighted by molar-refractivity contribution is 5.67. The van der Waals surface area contributed by atoms with Crippen molar-refractivity contribution in [3.8, 4) is 0 Å². The van der Waals surface area contributed by atoms with E-state index < -0.39 is 0 Å². The zero-order valence-electron chi connectivity index (χ0n) is 11.8. The predicted molar refractivity (Wildman–Crippen MR) is 70.7 cm³/mol. The molecule has 0 spiro atoms. The number of rotatable bonds is 6. The van der Waals surface area contributed by atoms with Gasteiger partial charge in [-0.25, -0.2) is 4.79 Å². The monoisotopic (exact) mass is 258 g/mol. The average Bonchev–Trinajstić information content (AvgIpc) is 2.39. The largest absolute Gasteiger partial charge is 0.450 e. The standard InChI is InChI=1S/C13H26N2O3/c1-4-11(10-17-3)14-12-6-8-15(9-7-12)13(16)18-5-2/h11-12,14H,4-10H2,1-3H3. The molecule has 1 aliphatic heterocycles. The van der Waals surface area contributed by atoms with E-state index in [2.05, 4.69) is 12.2 Å². The zero-order chi connectivity index (χ0) is 13.4. The Bertz CT molecular complexity index is 240. The molecule has 1 atom stereocenters. The summed E-state index contributed by atoms with van der Waals surface area (Å²) in [6.07, 6.45) is 2.85. The first-order chi connectivity index (χ1) is 8.71. The number of amides is 1. The summed E-state index contributed by atoms with van der Waals surface area (Å²) >= 11 is 0. The molecular formula is C13H26N2O3. The molecule has 18 heavy (non-hydrogen) atoms. The van der Waals surface area contributed by atoms with E-state index in [1.807, 2.05) is 6.92 Å². The van der Waals surface area contributed by atoms with Crippen LogP contribution in [0.15, 0.2) is 0 Å². The van der Waals surface area contributed by atoms with Crippen molar-refractivity contribution in [2.75, 3.05) is 33.4 Å². The maximum atomic E-state index is 11.5. The summed E-state index contributed by atoms with van der Waals surface area (Å²) in [5.41, 5.74) is 0. The lowest BCUT2D eigenvalue weighted by Gasteiger charge is -2.33. The molecule has 0 aromatic heterocycles. The summed E-state index contributed by atoms with van der Waals surface area (Å²) in [6, 6.07) is 0.893. The van der Waals surface area contributed by atoms with Crippen molar-refractivity contribution in [1.82, 2.24) is 10.2 Å². The third kappa shape index (κ3) is 4.82. The molecule has 1 amide bonds. The predicted octanol–water partition coefficient (Wildman–Crippen LogP) is 1.62. The molecule has 0 aliphatic carbocycles. The lowest BCUT2D eigenvalue weighted by Crippen LogP contribution is -2.48. The van der Waals surface area contributed by atoms with Crippen molar-refractivity contribution in [2.45, 2.75) is 45.2 Å². The Balaban J connectivity index is 2.28. The number of likely N-dealkylation sites (tertiary alicyclic amines) is 1. The molecule has 0 aromatic rings. The van der Waals surface area contributed by atoms with Crippen LogP contribution in [0.1, 0.15) is 33.1 Å². The van der Waals surface area contributed by atoms with Gasteiger partial charge in [-0.2, -0.15) is 0 Å². The quantitative estimate of drug-likeness (QED) is 0.786. The molecule has 1 N–H and O–H groups in total. The first-order valence-electron chi connectivity index (χ1n) is 6.87. The molecule has 0 saturated carbocycles. The fourth-order valence-electron chi connectivity index (χ4n) is 2.26. The topological polar surface area (TPSA) is 50.8 Å². The molecule has 1 fully saturated rings. The molecule has 1 unspecified atom stereocenters. The molecule has 0 aromatic carbocycles. The Labute approximate surface area is 110 Å². The van der Waals surface area contributed by atoms with E-state index in [-0.39, 0.29) is 6.09 Å². The lowest BCUT2D eigenvalue weighted by atomic mass is 10.0. The fourth-order valence-corrected chi connectivity index (χ4v) is 2.26. The minimum Gasteiger partial charge on any atom is -0.450 e. The first-order valence-corrected chi connectivity index (χ1v) is 6.87. The molecule has 0 bridgehead atoms. The third-order valence-electron chi connectivity index (χ3n) is 3.35. The zero-order valence-corrected chi connectivity index (χ0v) is 11.8. The van der Waals surface area contributed by atoms with Gasteiger partial charge in [0, 0.05) is 32.3 Å². The van der Waals surface area contributed by atoms with Crippen LogP contribution in [0, 0.1) is 0 Å². The summed E-state index contributed by atoms with van der Waals surface area (Å²) in [5.74, 6) is 0. The van der Waals surface area contributed by atoms with Gasteiger partial charge in [0.15, 0.2) is 0 Å². The molecule has 1 saturated heterocycles. The van der Waals surface area contributed by atoms with Crippen LogP contribution in [-0.2, 0) is 9.47 Å². The second-order valence-electron chi connectivity index (χ2n) is 4.69. The van der Waals surface area contributed by atoms with Gasteiger partial charge in [-0.3, -0.25) is 0 Å². The van der Waals surface area contributed by atoms with Gasteiger partial charge in [0.25, 0.3) is 0 Å². The van der Waals surface area contributed by atoms with E-state index in [0.717, 1.165) is 39.0 Å². The van der Waals surface area contributed by atoms with Gasteiger partial charge in [0.2, 0.25) is 0 Å². The van der Waals surface area contributed by atoms with Crippen molar-refractivity contribution in [3.63, 3.8) is 0 Å². The van der Waals surface area contributed by atoms with Gasteiger partial charge < -0.3 is 19.7 Å². The molecule has 1 aliphatic rings. The van der Waals surface area contributed by atoms with Crippen molar-refractivity contribution in [1.29, 1.82) is 0 Å². The molecule has 0 radical (unpaired) electrons. The highest BCUT2D eigenvalue weighted by Crippen LogP contribution is 2.12. The van der Waals surface area contributed by atoms with Crippen molar-refractivity contribution >= 4 is 6.09 Å². The Morgan fingerprint density at radius 1 is 1.39 bits per heavy atom. The van der Waals surface area contributed by atoms with Gasteiger partial charge in [0.05, 0.1) is 13.2 Å². The molecule has 106 valence electrons. The summed E-state index contributed by atoms with van der Waals surface area (Å²) in [7, 11) is 1.73. The van der Waals surface area contributed by atoms with E-state index in [1.165, 1.54) is 0 Å². The minimum atomic E-state index is -0.181. The van der Waals surface area contributed by atoms with E-state index in [4.69, 9.17) is 9.47 Å². The Morgan fingerprint density at radius 2 is 2.06 bits per heavy atom. The summed E-state index contributed by atoms with van der Waals surface area (Å²) in [5, 5.41) is 3.59. The summed E-state index contributed by atoms with van der Waals surface area (Å²) < 4.78 is 10.2. The maximum Gasteiger partial charge on any atom is 0.409 e. The number of carbonyl (C=O) groups is 1.